The lowest BCUT2D eigenvalue weighted by molar-refractivity contribution is 0.199. The van der Waals surface area contributed by atoms with Crippen LogP contribution in [0.1, 0.15) is 67.7 Å². The average Bonchev–Trinajstić information content (AvgIpc) is 2.90. The summed E-state index contributed by atoms with van der Waals surface area (Å²) in [4.78, 5) is 0. The molecule has 1 aliphatic carbocycles. The van der Waals surface area contributed by atoms with Crippen molar-refractivity contribution in [3.05, 3.63) is 107 Å². The smallest absolute Gasteiger partial charge is 0.167 e. The van der Waals surface area contributed by atoms with Crippen LogP contribution >= 0.6 is 0 Å². The largest absolute Gasteiger partial charge is 0.493 e. The van der Waals surface area contributed by atoms with Crippen LogP contribution < -0.4 is 4.74 Å². The number of ether oxygens (including phenoxy) is 1. The first-order chi connectivity index (χ1) is 17.9. The molecule has 1 aliphatic rings. The van der Waals surface area contributed by atoms with Crippen LogP contribution in [-0.4, -0.2) is 11.7 Å². The second-order valence-electron chi connectivity index (χ2n) is 9.71. The third-order valence-corrected chi connectivity index (χ3v) is 7.14. The van der Waals surface area contributed by atoms with Crippen molar-refractivity contribution in [1.29, 1.82) is 0 Å². The third kappa shape index (κ3) is 6.53. The zero-order valence-corrected chi connectivity index (χ0v) is 21.1. The fourth-order valence-corrected chi connectivity index (χ4v) is 4.91. The van der Waals surface area contributed by atoms with Gasteiger partial charge in [0, 0.05) is 17.2 Å². The molecule has 0 aliphatic heterocycles. The number of allylic oxidation sites excluding steroid dienone is 1. The Balaban J connectivity index is 1.37. The lowest BCUT2D eigenvalue weighted by Gasteiger charge is -2.27. The summed E-state index contributed by atoms with van der Waals surface area (Å²) in [5.74, 6) is -1.11. The minimum absolute atomic E-state index is 0.139. The van der Waals surface area contributed by atoms with Crippen LogP contribution in [0, 0.1) is 23.4 Å². The van der Waals surface area contributed by atoms with Crippen LogP contribution in [0.4, 0.5) is 13.2 Å². The molecule has 0 radical (unpaired) electrons. The Bertz CT molecular complexity index is 1240. The van der Waals surface area contributed by atoms with Gasteiger partial charge in [0.15, 0.2) is 11.6 Å². The fraction of sp³-hybridized carbons (Fsp3) is 0.312. The van der Waals surface area contributed by atoms with Crippen molar-refractivity contribution in [2.24, 2.45) is 5.92 Å². The van der Waals surface area contributed by atoms with Gasteiger partial charge in [-0.15, -0.1) is 6.58 Å². The highest BCUT2D eigenvalue weighted by Crippen LogP contribution is 2.38. The van der Waals surface area contributed by atoms with Crippen LogP contribution in [0.15, 0.2) is 73.3 Å². The Morgan fingerprint density at radius 2 is 1.70 bits per heavy atom. The molecular formula is C32H33F3O2. The van der Waals surface area contributed by atoms with E-state index in [-0.39, 0.29) is 28.8 Å². The topological polar surface area (TPSA) is 29.5 Å². The molecule has 1 unspecified atom stereocenters. The van der Waals surface area contributed by atoms with Gasteiger partial charge in [0.05, 0.1) is 12.7 Å². The molecule has 37 heavy (non-hydrogen) atoms. The van der Waals surface area contributed by atoms with Crippen molar-refractivity contribution in [3.8, 4) is 16.9 Å². The van der Waals surface area contributed by atoms with Crippen LogP contribution in [-0.2, 0) is 0 Å². The van der Waals surface area contributed by atoms with Gasteiger partial charge in [0.1, 0.15) is 11.6 Å². The quantitative estimate of drug-likeness (QED) is 0.232. The highest BCUT2D eigenvalue weighted by molar-refractivity contribution is 5.67. The minimum Gasteiger partial charge on any atom is -0.493 e. The molecule has 1 atom stereocenters. The van der Waals surface area contributed by atoms with Crippen LogP contribution in [0.5, 0.6) is 5.75 Å². The third-order valence-electron chi connectivity index (χ3n) is 7.14. The minimum atomic E-state index is -0.886. The Morgan fingerprint density at radius 3 is 2.35 bits per heavy atom. The van der Waals surface area contributed by atoms with Gasteiger partial charge in [-0.05, 0) is 73.6 Å². The van der Waals surface area contributed by atoms with Crippen molar-refractivity contribution in [2.45, 2.75) is 51.0 Å². The zero-order chi connectivity index (χ0) is 26.4. The maximum absolute atomic E-state index is 14.9. The Hall–Kier alpha value is -3.31. The van der Waals surface area contributed by atoms with E-state index in [9.17, 15) is 18.3 Å². The number of aliphatic hydroxyl groups excluding tert-OH is 1. The predicted molar refractivity (Wildman–Crippen MR) is 143 cm³/mol. The molecule has 1 fully saturated rings. The summed E-state index contributed by atoms with van der Waals surface area (Å²) in [7, 11) is 0. The van der Waals surface area contributed by atoms with Crippen molar-refractivity contribution >= 4 is 6.08 Å². The van der Waals surface area contributed by atoms with Gasteiger partial charge >= 0.3 is 0 Å². The Labute approximate surface area is 217 Å². The Kier molecular flexibility index (Phi) is 8.88. The van der Waals surface area contributed by atoms with Gasteiger partial charge in [-0.3, -0.25) is 0 Å². The fourth-order valence-electron chi connectivity index (χ4n) is 4.91. The van der Waals surface area contributed by atoms with Crippen molar-refractivity contribution in [3.63, 3.8) is 0 Å². The van der Waals surface area contributed by atoms with E-state index in [1.807, 2.05) is 18.2 Å². The molecule has 0 bridgehead atoms. The van der Waals surface area contributed by atoms with Crippen LogP contribution in [0.3, 0.4) is 0 Å². The summed E-state index contributed by atoms with van der Waals surface area (Å²) in [5, 5.41) is 9.65. The first-order valence-electron chi connectivity index (χ1n) is 12.8. The summed E-state index contributed by atoms with van der Waals surface area (Å²) < 4.78 is 49.9. The molecule has 0 saturated heterocycles. The normalized spacial score (nSPS) is 18.6. The van der Waals surface area contributed by atoms with Crippen LogP contribution in [0.25, 0.3) is 17.2 Å². The zero-order valence-electron chi connectivity index (χ0n) is 21.1. The predicted octanol–water partition coefficient (Wildman–Crippen LogP) is 8.77. The monoisotopic (exact) mass is 506 g/mol. The first kappa shape index (κ1) is 26.7. The van der Waals surface area contributed by atoms with E-state index in [2.05, 4.69) is 6.58 Å². The molecule has 1 N–H and O–H groups in total. The number of benzene rings is 3. The van der Waals surface area contributed by atoms with Gasteiger partial charge in [-0.2, -0.15) is 0 Å². The standard InChI is InChI=1S/C32H33F3O2/c1-3-4-19-37-27-16-18-28(30(33)20-27)24-8-5-22(6-9-24)7-10-26-15-17-29(32(35)31(26)34)25-13-11-23(12-14-25)21(2)36/h3,7,10-18,20-22,24,36H,1,4-6,8-9,19H2,2H3/b10-7+. The van der Waals surface area contributed by atoms with Crippen molar-refractivity contribution < 1.29 is 23.0 Å². The molecule has 5 heteroatoms. The van der Waals surface area contributed by atoms with Gasteiger partial charge in [0.25, 0.3) is 0 Å². The maximum atomic E-state index is 14.9. The van der Waals surface area contributed by atoms with E-state index in [4.69, 9.17) is 4.74 Å². The van der Waals surface area contributed by atoms with Crippen molar-refractivity contribution in [1.82, 2.24) is 0 Å². The molecule has 0 aromatic heterocycles. The summed E-state index contributed by atoms with van der Waals surface area (Å²) >= 11 is 0. The SMILES string of the molecule is C=CCCOc1ccc(C2CCC(/C=C/c3ccc(-c4ccc(C(C)O)cc4)c(F)c3F)CC2)c(F)c1. The summed E-state index contributed by atoms with van der Waals surface area (Å²) in [6.45, 7) is 5.78. The van der Waals surface area contributed by atoms with Gasteiger partial charge in [-0.1, -0.05) is 60.7 Å². The lowest BCUT2D eigenvalue weighted by Crippen LogP contribution is -2.13. The maximum Gasteiger partial charge on any atom is 0.167 e. The molecule has 3 aromatic carbocycles. The summed E-state index contributed by atoms with van der Waals surface area (Å²) in [6.07, 6.45) is 8.83. The molecule has 3 aromatic rings. The Morgan fingerprint density at radius 1 is 0.973 bits per heavy atom. The van der Waals surface area contributed by atoms with E-state index in [0.29, 0.717) is 35.5 Å². The van der Waals surface area contributed by atoms with Gasteiger partial charge in [0.2, 0.25) is 0 Å². The molecule has 0 heterocycles. The van der Waals surface area contributed by atoms with Crippen LogP contribution in [0.2, 0.25) is 0 Å². The summed E-state index contributed by atoms with van der Waals surface area (Å²) in [6, 6.07) is 15.0. The number of rotatable bonds is 9. The van der Waals surface area contributed by atoms with E-state index in [0.717, 1.165) is 25.7 Å². The molecule has 0 amide bonds. The highest BCUT2D eigenvalue weighted by atomic mass is 19.2. The van der Waals surface area contributed by atoms with E-state index < -0.39 is 17.7 Å². The number of hydrogen-bond donors (Lipinski definition) is 1. The number of halogens is 3. The lowest BCUT2D eigenvalue weighted by atomic mass is 9.78. The van der Waals surface area contributed by atoms with E-state index in [1.54, 1.807) is 55.5 Å². The second-order valence-corrected chi connectivity index (χ2v) is 9.71. The first-order valence-corrected chi connectivity index (χ1v) is 12.8. The molecular weight excluding hydrogens is 473 g/mol. The van der Waals surface area contributed by atoms with E-state index in [1.165, 1.54) is 6.07 Å². The van der Waals surface area contributed by atoms with Gasteiger partial charge in [-0.25, -0.2) is 13.2 Å². The number of aliphatic hydroxyl groups is 1. The molecule has 194 valence electrons. The molecule has 1 saturated carbocycles. The highest BCUT2D eigenvalue weighted by Gasteiger charge is 2.24. The molecule has 4 rings (SSSR count). The van der Waals surface area contributed by atoms with Crippen molar-refractivity contribution in [2.75, 3.05) is 6.61 Å². The van der Waals surface area contributed by atoms with Gasteiger partial charge < -0.3 is 9.84 Å². The second kappa shape index (κ2) is 12.3. The molecule has 2 nitrogen and oxygen atoms in total. The molecule has 0 spiro atoms. The summed E-state index contributed by atoms with van der Waals surface area (Å²) in [5.41, 5.74) is 2.38. The van der Waals surface area contributed by atoms with E-state index >= 15 is 0 Å². The number of hydrogen-bond acceptors (Lipinski definition) is 2. The average molecular weight is 507 g/mol.